The number of sulfone groups is 1. The lowest BCUT2D eigenvalue weighted by atomic mass is 9.87. The molecule has 1 aromatic carbocycles. The lowest BCUT2D eigenvalue weighted by molar-refractivity contribution is -0.118. The van der Waals surface area contributed by atoms with Gasteiger partial charge in [0.15, 0.2) is 0 Å². The summed E-state index contributed by atoms with van der Waals surface area (Å²) in [6, 6.07) is 8.16. The number of nitrogens with one attached hydrogen (secondary N) is 1. The van der Waals surface area contributed by atoms with Crippen LogP contribution in [0, 0.1) is 0 Å². The molecule has 1 rings (SSSR count). The van der Waals surface area contributed by atoms with Crippen LogP contribution in [0.25, 0.3) is 0 Å². The van der Waals surface area contributed by atoms with E-state index in [4.69, 9.17) is 0 Å². The predicted molar refractivity (Wildman–Crippen MR) is 88.6 cm³/mol. The second kappa shape index (κ2) is 7.31. The number of hydrogen-bond acceptors (Lipinski definition) is 4. The first kappa shape index (κ1) is 18.0. The van der Waals surface area contributed by atoms with Crippen molar-refractivity contribution in [1.29, 1.82) is 0 Å². The van der Waals surface area contributed by atoms with Crippen molar-refractivity contribution in [1.82, 2.24) is 5.32 Å². The van der Waals surface area contributed by atoms with Crippen molar-refractivity contribution >= 4 is 27.5 Å². The van der Waals surface area contributed by atoms with Crippen LogP contribution in [0.4, 0.5) is 0 Å². The van der Waals surface area contributed by atoms with Crippen molar-refractivity contribution in [3.63, 3.8) is 0 Å². The summed E-state index contributed by atoms with van der Waals surface area (Å²) in [5, 5.41) is 2.61. The Morgan fingerprint density at radius 3 is 2.24 bits per heavy atom. The number of rotatable bonds is 6. The molecule has 6 heteroatoms. The van der Waals surface area contributed by atoms with Gasteiger partial charge in [0, 0.05) is 17.7 Å². The molecule has 0 saturated carbocycles. The quantitative estimate of drug-likeness (QED) is 0.813. The van der Waals surface area contributed by atoms with Crippen LogP contribution in [0.5, 0.6) is 0 Å². The van der Waals surface area contributed by atoms with E-state index in [1.807, 2.05) is 12.1 Å². The van der Waals surface area contributed by atoms with Crippen LogP contribution >= 0.6 is 11.8 Å². The van der Waals surface area contributed by atoms with Crippen LogP contribution < -0.4 is 5.32 Å². The van der Waals surface area contributed by atoms with Crippen LogP contribution in [0.3, 0.4) is 0 Å². The van der Waals surface area contributed by atoms with Gasteiger partial charge in [-0.1, -0.05) is 32.9 Å². The largest absolute Gasteiger partial charge is 0.354 e. The number of benzene rings is 1. The zero-order valence-electron chi connectivity index (χ0n) is 13.0. The summed E-state index contributed by atoms with van der Waals surface area (Å²) in [7, 11) is -3.03. The monoisotopic (exact) mass is 329 g/mol. The van der Waals surface area contributed by atoms with E-state index in [-0.39, 0.29) is 23.6 Å². The van der Waals surface area contributed by atoms with Crippen LogP contribution in [0.15, 0.2) is 29.2 Å². The Bertz CT molecular complexity index is 572. The number of amides is 1. The molecule has 4 nitrogen and oxygen atoms in total. The van der Waals surface area contributed by atoms with Gasteiger partial charge < -0.3 is 5.32 Å². The van der Waals surface area contributed by atoms with Gasteiger partial charge in [-0.3, -0.25) is 4.79 Å². The topological polar surface area (TPSA) is 63.2 Å². The van der Waals surface area contributed by atoms with Crippen molar-refractivity contribution in [3.8, 4) is 0 Å². The fourth-order valence-electron chi connectivity index (χ4n) is 1.63. The molecule has 0 unspecified atom stereocenters. The highest BCUT2D eigenvalue weighted by molar-refractivity contribution is 8.00. The summed E-state index contributed by atoms with van der Waals surface area (Å²) >= 11 is 1.44. The maximum Gasteiger partial charge on any atom is 0.230 e. The highest BCUT2D eigenvalue weighted by atomic mass is 32.2. The molecule has 0 aliphatic rings. The minimum Gasteiger partial charge on any atom is -0.354 e. The molecule has 0 aromatic heterocycles. The van der Waals surface area contributed by atoms with Crippen molar-refractivity contribution in [2.75, 3.05) is 24.3 Å². The van der Waals surface area contributed by atoms with E-state index in [2.05, 4.69) is 38.2 Å². The Morgan fingerprint density at radius 2 is 1.76 bits per heavy atom. The zero-order chi connectivity index (χ0) is 16.1. The Hall–Kier alpha value is -1.01. The molecular formula is C15H23NO3S2. The molecule has 0 bridgehead atoms. The summed E-state index contributed by atoms with van der Waals surface area (Å²) in [6.07, 6.45) is 1.16. The standard InChI is InChI=1S/C15H23NO3S2/c1-15(2,3)12-5-7-13(8-6-12)20-11-14(17)16-9-10-21(4,18)19/h5-8H,9-11H2,1-4H3,(H,16,17). The van der Waals surface area contributed by atoms with Crippen LogP contribution in [-0.2, 0) is 20.0 Å². The minimum absolute atomic E-state index is 0.0241. The van der Waals surface area contributed by atoms with Gasteiger partial charge in [-0.25, -0.2) is 8.42 Å². The van der Waals surface area contributed by atoms with Crippen molar-refractivity contribution in [3.05, 3.63) is 29.8 Å². The molecule has 0 aliphatic carbocycles. The molecule has 1 amide bonds. The van der Waals surface area contributed by atoms with Gasteiger partial charge in [0.05, 0.1) is 11.5 Å². The maximum absolute atomic E-state index is 11.6. The van der Waals surface area contributed by atoms with Gasteiger partial charge in [0.1, 0.15) is 9.84 Å². The average molecular weight is 329 g/mol. The van der Waals surface area contributed by atoms with E-state index in [0.29, 0.717) is 5.75 Å². The first-order valence-corrected chi connectivity index (χ1v) is 9.80. The molecule has 1 N–H and O–H groups in total. The van der Waals surface area contributed by atoms with E-state index in [1.165, 1.54) is 17.3 Å². The summed E-state index contributed by atoms with van der Waals surface area (Å²) < 4.78 is 21.9. The van der Waals surface area contributed by atoms with Crippen molar-refractivity contribution in [2.24, 2.45) is 0 Å². The zero-order valence-corrected chi connectivity index (χ0v) is 14.6. The van der Waals surface area contributed by atoms with Gasteiger partial charge in [-0.15, -0.1) is 11.8 Å². The molecule has 0 radical (unpaired) electrons. The van der Waals surface area contributed by atoms with E-state index in [1.54, 1.807) is 0 Å². The third-order valence-electron chi connectivity index (χ3n) is 2.89. The third-order valence-corrected chi connectivity index (χ3v) is 4.84. The highest BCUT2D eigenvalue weighted by Gasteiger charge is 2.13. The molecule has 0 spiro atoms. The SMILES string of the molecule is CC(C)(C)c1ccc(SCC(=O)NCCS(C)(=O)=O)cc1. The molecule has 0 heterocycles. The molecule has 21 heavy (non-hydrogen) atoms. The smallest absolute Gasteiger partial charge is 0.230 e. The van der Waals surface area contributed by atoms with Crippen LogP contribution in [0.1, 0.15) is 26.3 Å². The maximum atomic E-state index is 11.6. The number of thioether (sulfide) groups is 1. The van der Waals surface area contributed by atoms with Gasteiger partial charge >= 0.3 is 0 Å². The first-order chi connectivity index (χ1) is 9.58. The molecule has 118 valence electrons. The normalized spacial score (nSPS) is 12.2. The molecule has 0 fully saturated rings. The molecule has 0 saturated heterocycles. The van der Waals surface area contributed by atoms with Crippen molar-refractivity contribution in [2.45, 2.75) is 31.1 Å². The Labute approximate surface area is 131 Å². The summed E-state index contributed by atoms with van der Waals surface area (Å²) in [6.45, 7) is 6.64. The Kier molecular flexibility index (Phi) is 6.28. The molecule has 0 atom stereocenters. The molecule has 0 aliphatic heterocycles. The fraction of sp³-hybridized carbons (Fsp3) is 0.533. The van der Waals surface area contributed by atoms with Crippen LogP contribution in [0.2, 0.25) is 0 Å². The minimum atomic E-state index is -3.03. The lowest BCUT2D eigenvalue weighted by Crippen LogP contribution is -2.30. The fourth-order valence-corrected chi connectivity index (χ4v) is 2.83. The van der Waals surface area contributed by atoms with Crippen molar-refractivity contribution < 1.29 is 13.2 Å². The van der Waals surface area contributed by atoms with E-state index < -0.39 is 9.84 Å². The number of carbonyl (C=O) groups excluding carboxylic acids is 1. The van der Waals surface area contributed by atoms with Gasteiger partial charge in [0.25, 0.3) is 0 Å². The lowest BCUT2D eigenvalue weighted by Gasteiger charge is -2.19. The van der Waals surface area contributed by atoms with Crippen LogP contribution in [-0.4, -0.2) is 38.6 Å². The number of carbonyl (C=O) groups is 1. The Morgan fingerprint density at radius 1 is 1.19 bits per heavy atom. The predicted octanol–water partition coefficient (Wildman–Crippen LogP) is 2.24. The highest BCUT2D eigenvalue weighted by Crippen LogP contribution is 2.25. The summed E-state index contributed by atoms with van der Waals surface area (Å²) in [5.74, 6) is 0.117. The Balaban J connectivity index is 2.40. The average Bonchev–Trinajstić information content (AvgIpc) is 2.34. The van der Waals surface area contributed by atoms with E-state index in [9.17, 15) is 13.2 Å². The van der Waals surface area contributed by atoms with Gasteiger partial charge in [-0.2, -0.15) is 0 Å². The number of hydrogen-bond donors (Lipinski definition) is 1. The second-order valence-corrected chi connectivity index (χ2v) is 9.35. The van der Waals surface area contributed by atoms with Gasteiger partial charge in [-0.05, 0) is 23.1 Å². The van der Waals surface area contributed by atoms with E-state index >= 15 is 0 Å². The van der Waals surface area contributed by atoms with Gasteiger partial charge in [0.2, 0.25) is 5.91 Å². The summed E-state index contributed by atoms with van der Waals surface area (Å²) in [5.41, 5.74) is 1.37. The second-order valence-electron chi connectivity index (χ2n) is 6.04. The molecular weight excluding hydrogens is 306 g/mol. The first-order valence-electron chi connectivity index (χ1n) is 6.76. The third kappa shape index (κ3) is 7.52. The molecule has 1 aromatic rings. The summed E-state index contributed by atoms with van der Waals surface area (Å²) in [4.78, 5) is 12.6. The van der Waals surface area contributed by atoms with E-state index in [0.717, 1.165) is 11.2 Å².